The zero-order valence-electron chi connectivity index (χ0n) is 9.71. The molecule has 0 aromatic rings. The predicted molar refractivity (Wildman–Crippen MR) is 61.9 cm³/mol. The van der Waals surface area contributed by atoms with Gasteiger partial charge in [-0.15, -0.1) is 6.58 Å². The fourth-order valence-electron chi connectivity index (χ4n) is 1.22. The molecular weight excluding hydrogens is 192 g/mol. The first-order valence-electron chi connectivity index (χ1n) is 5.43. The summed E-state index contributed by atoms with van der Waals surface area (Å²) in [5.74, 6) is 0. The molecule has 88 valence electrons. The molecule has 15 heavy (non-hydrogen) atoms. The van der Waals surface area contributed by atoms with Crippen LogP contribution in [0.5, 0.6) is 0 Å². The summed E-state index contributed by atoms with van der Waals surface area (Å²) >= 11 is 0. The summed E-state index contributed by atoms with van der Waals surface area (Å²) in [7, 11) is 1.55. The van der Waals surface area contributed by atoms with E-state index in [-0.39, 0.29) is 6.09 Å². The Morgan fingerprint density at radius 2 is 2.33 bits per heavy atom. The molecule has 0 rings (SSSR count). The summed E-state index contributed by atoms with van der Waals surface area (Å²) in [6.45, 7) is 7.26. The van der Waals surface area contributed by atoms with Gasteiger partial charge in [0.2, 0.25) is 0 Å². The Labute approximate surface area is 92.1 Å². The largest absolute Gasteiger partial charge is 0.450 e. The highest BCUT2D eigenvalue weighted by Crippen LogP contribution is 2.00. The maximum Gasteiger partial charge on any atom is 0.406 e. The molecule has 0 bridgehead atoms. The number of hydrogen-bond acceptors (Lipinski definition) is 3. The van der Waals surface area contributed by atoms with Crippen molar-refractivity contribution in [2.45, 2.75) is 32.2 Å². The van der Waals surface area contributed by atoms with E-state index in [1.807, 2.05) is 6.08 Å². The van der Waals surface area contributed by atoms with Gasteiger partial charge in [0.25, 0.3) is 0 Å². The third-order valence-corrected chi connectivity index (χ3v) is 2.04. The van der Waals surface area contributed by atoms with Gasteiger partial charge in [0.05, 0.1) is 6.61 Å². The number of nitrogens with one attached hydrogen (secondary N) is 2. The zero-order valence-corrected chi connectivity index (χ0v) is 9.71. The van der Waals surface area contributed by atoms with Gasteiger partial charge < -0.3 is 15.4 Å². The van der Waals surface area contributed by atoms with Gasteiger partial charge in [-0.2, -0.15) is 0 Å². The van der Waals surface area contributed by atoms with E-state index >= 15 is 0 Å². The SMILES string of the molecule is C=CCC(CCOC(=O)NC)NCCC. The second-order valence-corrected chi connectivity index (χ2v) is 3.35. The average molecular weight is 214 g/mol. The lowest BCUT2D eigenvalue weighted by atomic mass is 10.1. The van der Waals surface area contributed by atoms with Crippen LogP contribution < -0.4 is 10.6 Å². The van der Waals surface area contributed by atoms with E-state index in [0.717, 1.165) is 25.8 Å². The smallest absolute Gasteiger partial charge is 0.406 e. The molecule has 4 nitrogen and oxygen atoms in total. The third-order valence-electron chi connectivity index (χ3n) is 2.04. The van der Waals surface area contributed by atoms with Crippen LogP contribution in [0.15, 0.2) is 12.7 Å². The maximum absolute atomic E-state index is 10.8. The van der Waals surface area contributed by atoms with E-state index in [9.17, 15) is 4.79 Å². The Hall–Kier alpha value is -1.03. The Bertz CT molecular complexity index is 183. The molecule has 0 heterocycles. The Balaban J connectivity index is 3.64. The molecule has 0 aromatic carbocycles. The average Bonchev–Trinajstić information content (AvgIpc) is 2.25. The molecule has 1 atom stereocenters. The Morgan fingerprint density at radius 3 is 2.87 bits per heavy atom. The Morgan fingerprint density at radius 1 is 1.60 bits per heavy atom. The highest BCUT2D eigenvalue weighted by atomic mass is 16.5. The van der Waals surface area contributed by atoms with Crippen molar-refractivity contribution in [1.82, 2.24) is 10.6 Å². The van der Waals surface area contributed by atoms with E-state index in [1.54, 1.807) is 7.05 Å². The van der Waals surface area contributed by atoms with Gasteiger partial charge in [-0.1, -0.05) is 13.0 Å². The standard InChI is InChI=1S/C11H22N2O2/c1-4-6-10(13-8-5-2)7-9-15-11(14)12-3/h4,10,13H,1,5-9H2,2-3H3,(H,12,14). The van der Waals surface area contributed by atoms with Gasteiger partial charge in [0.1, 0.15) is 0 Å². The topological polar surface area (TPSA) is 50.4 Å². The first-order chi connectivity index (χ1) is 7.24. The van der Waals surface area contributed by atoms with Crippen molar-refractivity contribution in [2.75, 3.05) is 20.2 Å². The maximum atomic E-state index is 10.8. The van der Waals surface area contributed by atoms with Crippen LogP contribution in [0.4, 0.5) is 4.79 Å². The fourth-order valence-corrected chi connectivity index (χ4v) is 1.22. The van der Waals surface area contributed by atoms with Crippen LogP contribution in [0.3, 0.4) is 0 Å². The molecule has 0 saturated heterocycles. The second kappa shape index (κ2) is 9.52. The van der Waals surface area contributed by atoms with Crippen LogP contribution in [0, 0.1) is 0 Å². The molecule has 0 saturated carbocycles. The lowest BCUT2D eigenvalue weighted by Gasteiger charge is -2.16. The van der Waals surface area contributed by atoms with Crippen LogP contribution in [0.1, 0.15) is 26.2 Å². The summed E-state index contributed by atoms with van der Waals surface area (Å²) in [5.41, 5.74) is 0. The summed E-state index contributed by atoms with van der Waals surface area (Å²) in [6.07, 6.45) is 4.33. The molecule has 1 unspecified atom stereocenters. The fraction of sp³-hybridized carbons (Fsp3) is 0.727. The molecular formula is C11H22N2O2. The van der Waals surface area contributed by atoms with Gasteiger partial charge in [-0.25, -0.2) is 4.79 Å². The lowest BCUT2D eigenvalue weighted by molar-refractivity contribution is 0.143. The van der Waals surface area contributed by atoms with Crippen LogP contribution in [0.2, 0.25) is 0 Å². The molecule has 0 spiro atoms. The van der Waals surface area contributed by atoms with E-state index in [4.69, 9.17) is 4.74 Å². The quantitative estimate of drug-likeness (QED) is 0.604. The molecule has 4 heteroatoms. The second-order valence-electron chi connectivity index (χ2n) is 3.35. The first-order valence-corrected chi connectivity index (χ1v) is 5.43. The number of carbonyl (C=O) groups excluding carboxylic acids is 1. The van der Waals surface area contributed by atoms with E-state index in [2.05, 4.69) is 24.1 Å². The number of ether oxygens (including phenoxy) is 1. The molecule has 2 N–H and O–H groups in total. The number of carbonyl (C=O) groups is 1. The molecule has 0 aliphatic rings. The monoisotopic (exact) mass is 214 g/mol. The molecule has 0 fully saturated rings. The minimum Gasteiger partial charge on any atom is -0.450 e. The van der Waals surface area contributed by atoms with Crippen molar-refractivity contribution in [2.24, 2.45) is 0 Å². The Kier molecular flexibility index (Phi) is 8.87. The molecule has 0 aliphatic heterocycles. The minimum absolute atomic E-state index is 0.354. The molecule has 0 aromatic heterocycles. The highest BCUT2D eigenvalue weighted by Gasteiger charge is 2.06. The van der Waals surface area contributed by atoms with Crippen LogP contribution in [0.25, 0.3) is 0 Å². The van der Waals surface area contributed by atoms with E-state index in [1.165, 1.54) is 0 Å². The zero-order chi connectivity index (χ0) is 11.5. The van der Waals surface area contributed by atoms with Gasteiger partial charge in [-0.05, 0) is 25.8 Å². The summed E-state index contributed by atoms with van der Waals surface area (Å²) < 4.78 is 4.92. The summed E-state index contributed by atoms with van der Waals surface area (Å²) in [4.78, 5) is 10.8. The van der Waals surface area contributed by atoms with Crippen molar-refractivity contribution >= 4 is 6.09 Å². The third kappa shape index (κ3) is 8.00. The van der Waals surface area contributed by atoms with Crippen molar-refractivity contribution in [3.8, 4) is 0 Å². The number of rotatable bonds is 8. The van der Waals surface area contributed by atoms with Gasteiger partial charge in [-0.3, -0.25) is 0 Å². The number of hydrogen-bond donors (Lipinski definition) is 2. The number of amides is 1. The van der Waals surface area contributed by atoms with Crippen molar-refractivity contribution in [3.63, 3.8) is 0 Å². The summed E-state index contributed by atoms with van der Waals surface area (Å²) in [5, 5.41) is 5.79. The highest BCUT2D eigenvalue weighted by molar-refractivity contribution is 5.66. The van der Waals surface area contributed by atoms with Crippen LogP contribution in [-0.2, 0) is 4.74 Å². The first kappa shape index (κ1) is 14.0. The minimum atomic E-state index is -0.372. The molecule has 0 radical (unpaired) electrons. The van der Waals surface area contributed by atoms with Crippen LogP contribution >= 0.6 is 0 Å². The van der Waals surface area contributed by atoms with Crippen molar-refractivity contribution < 1.29 is 9.53 Å². The normalized spacial score (nSPS) is 11.9. The van der Waals surface area contributed by atoms with Gasteiger partial charge >= 0.3 is 6.09 Å². The van der Waals surface area contributed by atoms with Crippen LogP contribution in [-0.4, -0.2) is 32.3 Å². The van der Waals surface area contributed by atoms with E-state index in [0.29, 0.717) is 12.6 Å². The molecule has 1 amide bonds. The van der Waals surface area contributed by atoms with Crippen molar-refractivity contribution in [1.29, 1.82) is 0 Å². The predicted octanol–water partition coefficient (Wildman–Crippen LogP) is 1.68. The van der Waals surface area contributed by atoms with E-state index < -0.39 is 0 Å². The van der Waals surface area contributed by atoms with Gasteiger partial charge in [0, 0.05) is 13.1 Å². The number of alkyl carbamates (subject to hydrolysis) is 1. The summed E-state index contributed by atoms with van der Waals surface area (Å²) in [6, 6.07) is 0.354. The molecule has 0 aliphatic carbocycles. The van der Waals surface area contributed by atoms with Crippen molar-refractivity contribution in [3.05, 3.63) is 12.7 Å². The lowest BCUT2D eigenvalue weighted by Crippen LogP contribution is -2.31. The van der Waals surface area contributed by atoms with Gasteiger partial charge in [0.15, 0.2) is 0 Å².